The van der Waals surface area contributed by atoms with Crippen LogP contribution in [0.2, 0.25) is 0 Å². The Morgan fingerprint density at radius 3 is 2.54 bits per heavy atom. The van der Waals surface area contributed by atoms with Crippen molar-refractivity contribution in [2.75, 3.05) is 20.0 Å². The van der Waals surface area contributed by atoms with Crippen molar-refractivity contribution in [3.8, 4) is 28.6 Å². The van der Waals surface area contributed by atoms with Crippen molar-refractivity contribution >= 4 is 15.5 Å². The van der Waals surface area contributed by atoms with E-state index in [-0.39, 0.29) is 17.0 Å². The van der Waals surface area contributed by atoms with E-state index >= 15 is 0 Å². The number of aromatic amines is 1. The minimum Gasteiger partial charge on any atom is -0.488 e. The fourth-order valence-corrected chi connectivity index (χ4v) is 4.29. The van der Waals surface area contributed by atoms with Crippen LogP contribution >= 0.6 is 0 Å². The molecule has 1 aromatic carbocycles. The van der Waals surface area contributed by atoms with E-state index < -0.39 is 9.84 Å². The minimum absolute atomic E-state index is 0.116. The van der Waals surface area contributed by atoms with Crippen LogP contribution in [0, 0.1) is 0 Å². The first-order chi connectivity index (χ1) is 16.7. The van der Waals surface area contributed by atoms with E-state index in [1.54, 1.807) is 13.2 Å². The number of benzene rings is 1. The van der Waals surface area contributed by atoms with Gasteiger partial charge in [0.2, 0.25) is 5.88 Å². The van der Waals surface area contributed by atoms with Crippen LogP contribution in [0.3, 0.4) is 0 Å². The summed E-state index contributed by atoms with van der Waals surface area (Å²) in [5.74, 6) is 1.25. The highest BCUT2D eigenvalue weighted by molar-refractivity contribution is 7.90. The lowest BCUT2D eigenvalue weighted by Crippen LogP contribution is -2.20. The van der Waals surface area contributed by atoms with Crippen molar-refractivity contribution in [1.29, 1.82) is 0 Å². The van der Waals surface area contributed by atoms with Crippen molar-refractivity contribution in [3.63, 3.8) is 0 Å². The lowest BCUT2D eigenvalue weighted by atomic mass is 10.1. The van der Waals surface area contributed by atoms with Crippen LogP contribution in [-0.4, -0.2) is 55.5 Å². The van der Waals surface area contributed by atoms with Gasteiger partial charge in [-0.3, -0.25) is 0 Å². The van der Waals surface area contributed by atoms with E-state index in [9.17, 15) is 8.42 Å². The van der Waals surface area contributed by atoms with Gasteiger partial charge in [0, 0.05) is 36.7 Å². The van der Waals surface area contributed by atoms with E-state index in [1.165, 1.54) is 12.4 Å². The van der Waals surface area contributed by atoms with Gasteiger partial charge in [0.25, 0.3) is 0 Å². The first-order valence-electron chi connectivity index (χ1n) is 11.4. The fraction of sp³-hybridized carbons (Fsp3) is 0.360. The second kappa shape index (κ2) is 10.5. The van der Waals surface area contributed by atoms with Crippen molar-refractivity contribution in [3.05, 3.63) is 54.5 Å². The first kappa shape index (κ1) is 24.7. The van der Waals surface area contributed by atoms with Gasteiger partial charge >= 0.3 is 0 Å². The Hall–Kier alpha value is -3.37. The molecule has 2 atom stereocenters. The zero-order valence-corrected chi connectivity index (χ0v) is 21.1. The number of nitrogens with one attached hydrogen (secondary N) is 2. The molecule has 0 saturated heterocycles. The summed E-state index contributed by atoms with van der Waals surface area (Å²) in [5.41, 5.74) is 3.87. The van der Waals surface area contributed by atoms with Gasteiger partial charge in [-0.2, -0.15) is 0 Å². The number of hydrogen-bond donors (Lipinski definition) is 2. The molecule has 0 spiro atoms. The molecule has 3 aromatic rings. The largest absolute Gasteiger partial charge is 0.488 e. The summed E-state index contributed by atoms with van der Waals surface area (Å²) in [4.78, 5) is 11.5. The third-order valence-corrected chi connectivity index (χ3v) is 6.54. The van der Waals surface area contributed by atoms with Gasteiger partial charge in [-0.15, -0.1) is 0 Å². The molecule has 3 heterocycles. The molecule has 35 heavy (non-hydrogen) atoms. The van der Waals surface area contributed by atoms with Gasteiger partial charge in [-0.25, -0.2) is 18.4 Å². The third-order valence-electron chi connectivity index (χ3n) is 5.57. The van der Waals surface area contributed by atoms with E-state index in [0.29, 0.717) is 24.1 Å². The summed E-state index contributed by atoms with van der Waals surface area (Å²) in [7, 11) is -1.82. The highest BCUT2D eigenvalue weighted by Gasteiger charge is 2.17. The van der Waals surface area contributed by atoms with E-state index in [4.69, 9.17) is 14.2 Å². The van der Waals surface area contributed by atoms with Gasteiger partial charge in [-0.1, -0.05) is 13.0 Å². The normalized spacial score (nSPS) is 16.5. The summed E-state index contributed by atoms with van der Waals surface area (Å²) in [6, 6.07) is 10.1. The van der Waals surface area contributed by atoms with Crippen molar-refractivity contribution in [2.24, 2.45) is 0 Å². The Morgan fingerprint density at radius 1 is 1.11 bits per heavy atom. The Labute approximate surface area is 205 Å². The van der Waals surface area contributed by atoms with E-state index in [2.05, 4.69) is 33.3 Å². The average molecular weight is 499 g/mol. The van der Waals surface area contributed by atoms with Gasteiger partial charge < -0.3 is 24.5 Å². The highest BCUT2D eigenvalue weighted by atomic mass is 32.2. The van der Waals surface area contributed by atoms with Crippen LogP contribution in [0.1, 0.15) is 32.4 Å². The van der Waals surface area contributed by atoms with Crippen molar-refractivity contribution < 1.29 is 22.6 Å². The number of H-pyrrole nitrogens is 1. The predicted molar refractivity (Wildman–Crippen MR) is 133 cm³/mol. The molecule has 0 radical (unpaired) electrons. The maximum absolute atomic E-state index is 11.7. The van der Waals surface area contributed by atoms with Crippen molar-refractivity contribution in [2.45, 2.75) is 43.9 Å². The molecule has 10 heteroatoms. The maximum Gasteiger partial charge on any atom is 0.237 e. The molecule has 0 bridgehead atoms. The molecule has 0 unspecified atom stereocenters. The molecule has 1 aliphatic rings. The van der Waals surface area contributed by atoms with Crippen LogP contribution < -0.4 is 14.8 Å². The summed E-state index contributed by atoms with van der Waals surface area (Å²) in [5, 5.41) is 3.43. The summed E-state index contributed by atoms with van der Waals surface area (Å²) in [6.07, 6.45) is 7.66. The van der Waals surface area contributed by atoms with Gasteiger partial charge in [0.1, 0.15) is 17.6 Å². The Morgan fingerprint density at radius 2 is 1.89 bits per heavy atom. The standard InChI is InChI=1S/C25H30N4O5S/c1-5-18-6-7-22(28-18)23-9-8-21(29-23)17-10-19(33-16(2)15-32-3)12-20(11-17)34-24-13-27-25(14-26-24)35(4,30)31/h7-14,16,18,28-29H,5-6,15H2,1-4H3/t16-,18-/m0/s1. The number of ether oxygens (including phenoxy) is 3. The summed E-state index contributed by atoms with van der Waals surface area (Å²) in [6.45, 7) is 4.52. The molecule has 2 N–H and O–H groups in total. The van der Waals surface area contributed by atoms with Crippen LogP contribution in [0.15, 0.2) is 53.8 Å². The summed E-state index contributed by atoms with van der Waals surface area (Å²) >= 11 is 0. The van der Waals surface area contributed by atoms with Gasteiger partial charge in [-0.05, 0) is 44.0 Å². The first-order valence-corrected chi connectivity index (χ1v) is 13.3. The van der Waals surface area contributed by atoms with Crippen LogP contribution in [0.25, 0.3) is 17.0 Å². The zero-order valence-electron chi connectivity index (χ0n) is 20.2. The SMILES string of the molecule is CC[C@H]1CC=C(c2ccc(-c3cc(Oc4cnc(S(C)(=O)=O)cn4)cc(O[C@@H](C)COC)c3)[nH]2)N1. The lowest BCUT2D eigenvalue weighted by molar-refractivity contribution is 0.0920. The number of aromatic nitrogens is 3. The molecular weight excluding hydrogens is 468 g/mol. The van der Waals surface area contributed by atoms with Crippen LogP contribution in [0.4, 0.5) is 0 Å². The molecular formula is C25H30N4O5S. The maximum atomic E-state index is 11.7. The number of sulfone groups is 1. The molecule has 4 rings (SSSR count). The van der Waals surface area contributed by atoms with E-state index in [0.717, 1.165) is 41.7 Å². The van der Waals surface area contributed by atoms with E-state index in [1.807, 2.05) is 31.2 Å². The summed E-state index contributed by atoms with van der Waals surface area (Å²) < 4.78 is 40.4. The number of rotatable bonds is 10. The molecule has 0 aliphatic carbocycles. The average Bonchev–Trinajstić information content (AvgIpc) is 3.48. The Bertz CT molecular complexity index is 1300. The molecule has 186 valence electrons. The molecule has 2 aromatic heterocycles. The highest BCUT2D eigenvalue weighted by Crippen LogP contribution is 2.33. The fourth-order valence-electron chi connectivity index (χ4n) is 3.80. The number of hydrogen-bond acceptors (Lipinski definition) is 8. The quantitative estimate of drug-likeness (QED) is 0.427. The topological polar surface area (TPSA) is 115 Å². The van der Waals surface area contributed by atoms with Gasteiger partial charge in [0.15, 0.2) is 14.9 Å². The Balaban J connectivity index is 1.62. The molecule has 9 nitrogen and oxygen atoms in total. The molecule has 1 aliphatic heterocycles. The molecule has 0 amide bonds. The lowest BCUT2D eigenvalue weighted by Gasteiger charge is -2.16. The smallest absolute Gasteiger partial charge is 0.237 e. The second-order valence-corrected chi connectivity index (χ2v) is 10.5. The minimum atomic E-state index is -3.45. The third kappa shape index (κ3) is 6.20. The second-order valence-electron chi connectivity index (χ2n) is 8.53. The molecule has 0 saturated carbocycles. The zero-order chi connectivity index (χ0) is 25.0. The molecule has 0 fully saturated rings. The predicted octanol–water partition coefficient (Wildman–Crippen LogP) is 4.19. The number of nitrogens with zero attached hydrogens (tertiary/aromatic N) is 2. The Kier molecular flexibility index (Phi) is 7.42. The van der Waals surface area contributed by atoms with Crippen molar-refractivity contribution in [1.82, 2.24) is 20.3 Å². The van der Waals surface area contributed by atoms with Gasteiger partial charge in [0.05, 0.1) is 30.4 Å². The number of methoxy groups -OCH3 is 1. The van der Waals surface area contributed by atoms with Crippen LogP contribution in [-0.2, 0) is 14.6 Å². The van der Waals surface area contributed by atoms with Crippen LogP contribution in [0.5, 0.6) is 17.4 Å². The monoisotopic (exact) mass is 498 g/mol.